The van der Waals surface area contributed by atoms with E-state index in [1.54, 1.807) is 11.3 Å². The minimum atomic E-state index is 0.740. The first-order valence-electron chi connectivity index (χ1n) is 7.16. The average molecular weight is 308 g/mol. The number of nitrogens with two attached hydrogens (primary N) is 1. The molecule has 2 heterocycles. The van der Waals surface area contributed by atoms with Gasteiger partial charge in [-0.3, -0.25) is 4.40 Å². The maximum atomic E-state index is 5.96. The van der Waals surface area contributed by atoms with E-state index in [2.05, 4.69) is 47.5 Å². The standard InChI is InChI=1S/C17H16N4S/c1-9-6-11(3)15-14(7-9)22-17-20-19-16(21(15)17)13-8-12(18)5-4-10(13)2/h4-8H,18H2,1-3H3. The van der Waals surface area contributed by atoms with Gasteiger partial charge in [-0.15, -0.1) is 10.2 Å². The maximum absolute atomic E-state index is 5.96. The quantitative estimate of drug-likeness (QED) is 0.538. The van der Waals surface area contributed by atoms with E-state index >= 15 is 0 Å². The summed E-state index contributed by atoms with van der Waals surface area (Å²) in [5.41, 5.74) is 12.6. The van der Waals surface area contributed by atoms with Crippen molar-refractivity contribution in [3.05, 3.63) is 47.0 Å². The second-order valence-corrected chi connectivity index (χ2v) is 6.76. The fourth-order valence-electron chi connectivity index (χ4n) is 2.98. The Morgan fingerprint density at radius 2 is 1.82 bits per heavy atom. The third-order valence-corrected chi connectivity index (χ3v) is 4.95. The molecule has 2 N–H and O–H groups in total. The first-order valence-corrected chi connectivity index (χ1v) is 7.97. The molecule has 0 aliphatic carbocycles. The number of thiazole rings is 1. The van der Waals surface area contributed by atoms with Gasteiger partial charge < -0.3 is 5.73 Å². The van der Waals surface area contributed by atoms with Crippen LogP contribution in [0.1, 0.15) is 16.7 Å². The molecular formula is C17H16N4S. The van der Waals surface area contributed by atoms with Crippen LogP contribution in [0.3, 0.4) is 0 Å². The molecule has 2 aromatic heterocycles. The van der Waals surface area contributed by atoms with Gasteiger partial charge in [0.2, 0.25) is 4.96 Å². The van der Waals surface area contributed by atoms with Gasteiger partial charge in [0.15, 0.2) is 5.82 Å². The monoisotopic (exact) mass is 308 g/mol. The van der Waals surface area contributed by atoms with E-state index in [1.165, 1.54) is 21.3 Å². The van der Waals surface area contributed by atoms with Crippen LogP contribution in [0.15, 0.2) is 30.3 Å². The Morgan fingerprint density at radius 3 is 2.64 bits per heavy atom. The van der Waals surface area contributed by atoms with Gasteiger partial charge >= 0.3 is 0 Å². The van der Waals surface area contributed by atoms with Crippen molar-refractivity contribution in [3.63, 3.8) is 0 Å². The highest BCUT2D eigenvalue weighted by Crippen LogP contribution is 2.34. The molecule has 0 spiro atoms. The third-order valence-electron chi connectivity index (χ3n) is 3.97. The smallest absolute Gasteiger partial charge is 0.217 e. The summed E-state index contributed by atoms with van der Waals surface area (Å²) >= 11 is 1.67. The Labute approximate surface area is 132 Å². The van der Waals surface area contributed by atoms with E-state index in [0.29, 0.717) is 0 Å². The van der Waals surface area contributed by atoms with Crippen LogP contribution < -0.4 is 5.73 Å². The van der Waals surface area contributed by atoms with Gasteiger partial charge in [0.1, 0.15) is 0 Å². The fraction of sp³-hybridized carbons (Fsp3) is 0.176. The zero-order chi connectivity index (χ0) is 15.4. The Kier molecular flexibility index (Phi) is 2.74. The molecule has 0 unspecified atom stereocenters. The first kappa shape index (κ1) is 13.3. The Balaban J connectivity index is 2.13. The van der Waals surface area contributed by atoms with Crippen LogP contribution in [0.25, 0.3) is 26.6 Å². The number of hydrogen-bond donors (Lipinski definition) is 1. The summed E-state index contributed by atoms with van der Waals surface area (Å²) in [6.07, 6.45) is 0. The van der Waals surface area contributed by atoms with Crippen LogP contribution in [0.5, 0.6) is 0 Å². The highest BCUT2D eigenvalue weighted by molar-refractivity contribution is 7.23. The molecule has 110 valence electrons. The third kappa shape index (κ3) is 1.82. The predicted octanol–water partition coefficient (Wildman–Crippen LogP) is 4.12. The molecule has 0 radical (unpaired) electrons. The van der Waals surface area contributed by atoms with Crippen molar-refractivity contribution in [1.29, 1.82) is 0 Å². The van der Waals surface area contributed by atoms with E-state index in [1.807, 2.05) is 18.2 Å². The SMILES string of the molecule is Cc1cc(C)c2c(c1)sc1nnc(-c3cc(N)ccc3C)n12. The van der Waals surface area contributed by atoms with Gasteiger partial charge in [0.25, 0.3) is 0 Å². The van der Waals surface area contributed by atoms with E-state index in [0.717, 1.165) is 27.6 Å². The molecule has 0 atom stereocenters. The number of anilines is 1. The minimum absolute atomic E-state index is 0.740. The number of nitrogen functional groups attached to an aromatic ring is 1. The molecule has 5 heteroatoms. The summed E-state index contributed by atoms with van der Waals surface area (Å²) in [6.45, 7) is 6.33. The fourth-order valence-corrected chi connectivity index (χ4v) is 4.12. The maximum Gasteiger partial charge on any atom is 0.217 e. The van der Waals surface area contributed by atoms with Crippen molar-refractivity contribution >= 4 is 32.2 Å². The van der Waals surface area contributed by atoms with Crippen molar-refractivity contribution in [1.82, 2.24) is 14.6 Å². The molecule has 0 aliphatic heterocycles. The highest BCUT2D eigenvalue weighted by Gasteiger charge is 2.17. The van der Waals surface area contributed by atoms with Crippen molar-refractivity contribution in [2.24, 2.45) is 0 Å². The molecule has 0 amide bonds. The molecule has 22 heavy (non-hydrogen) atoms. The van der Waals surface area contributed by atoms with Crippen LogP contribution in [0.2, 0.25) is 0 Å². The molecule has 0 saturated heterocycles. The number of hydrogen-bond acceptors (Lipinski definition) is 4. The lowest BCUT2D eigenvalue weighted by atomic mass is 10.1. The number of benzene rings is 2. The number of rotatable bonds is 1. The van der Waals surface area contributed by atoms with Gasteiger partial charge in [0, 0.05) is 11.3 Å². The van der Waals surface area contributed by atoms with Gasteiger partial charge in [-0.25, -0.2) is 0 Å². The summed E-state index contributed by atoms with van der Waals surface area (Å²) < 4.78 is 3.39. The number of fused-ring (bicyclic) bond motifs is 3. The van der Waals surface area contributed by atoms with E-state index < -0.39 is 0 Å². The average Bonchev–Trinajstić information content (AvgIpc) is 2.99. The second-order valence-electron chi connectivity index (χ2n) is 5.75. The van der Waals surface area contributed by atoms with Crippen molar-refractivity contribution in [2.75, 3.05) is 5.73 Å². The summed E-state index contributed by atoms with van der Waals surface area (Å²) in [4.78, 5) is 0.917. The van der Waals surface area contributed by atoms with Gasteiger partial charge in [-0.1, -0.05) is 23.5 Å². The zero-order valence-corrected chi connectivity index (χ0v) is 13.5. The predicted molar refractivity (Wildman–Crippen MR) is 92.4 cm³/mol. The molecule has 0 saturated carbocycles. The molecule has 4 aromatic rings. The van der Waals surface area contributed by atoms with E-state index in [-0.39, 0.29) is 0 Å². The number of aryl methyl sites for hydroxylation is 3. The molecule has 4 nitrogen and oxygen atoms in total. The normalized spacial score (nSPS) is 11.6. The highest BCUT2D eigenvalue weighted by atomic mass is 32.1. The van der Waals surface area contributed by atoms with E-state index in [4.69, 9.17) is 5.73 Å². The van der Waals surface area contributed by atoms with Crippen molar-refractivity contribution in [3.8, 4) is 11.4 Å². The summed E-state index contributed by atoms with van der Waals surface area (Å²) in [5.74, 6) is 0.859. The summed E-state index contributed by atoms with van der Waals surface area (Å²) in [6, 6.07) is 10.3. The van der Waals surface area contributed by atoms with Crippen LogP contribution in [0, 0.1) is 20.8 Å². The topological polar surface area (TPSA) is 56.2 Å². The summed E-state index contributed by atoms with van der Waals surface area (Å²) in [7, 11) is 0. The molecule has 4 rings (SSSR count). The lowest BCUT2D eigenvalue weighted by Gasteiger charge is -2.06. The Bertz CT molecular complexity index is 1030. The van der Waals surface area contributed by atoms with Crippen LogP contribution >= 0.6 is 11.3 Å². The molecule has 0 aliphatic rings. The minimum Gasteiger partial charge on any atom is -0.399 e. The van der Waals surface area contributed by atoms with Crippen LogP contribution in [-0.2, 0) is 0 Å². The largest absolute Gasteiger partial charge is 0.399 e. The Morgan fingerprint density at radius 1 is 1.00 bits per heavy atom. The molecule has 0 bridgehead atoms. The van der Waals surface area contributed by atoms with Gasteiger partial charge in [-0.05, 0) is 55.7 Å². The number of nitrogens with zero attached hydrogens (tertiary/aromatic N) is 3. The lowest BCUT2D eigenvalue weighted by Crippen LogP contribution is -1.94. The van der Waals surface area contributed by atoms with Crippen molar-refractivity contribution < 1.29 is 0 Å². The number of aromatic nitrogens is 3. The second kappa shape index (κ2) is 4.55. The first-order chi connectivity index (χ1) is 10.5. The Hall–Kier alpha value is -2.40. The van der Waals surface area contributed by atoms with E-state index in [9.17, 15) is 0 Å². The lowest BCUT2D eigenvalue weighted by molar-refractivity contribution is 1.11. The van der Waals surface area contributed by atoms with Crippen molar-refractivity contribution in [2.45, 2.75) is 20.8 Å². The van der Waals surface area contributed by atoms with Crippen LogP contribution in [0.4, 0.5) is 5.69 Å². The zero-order valence-electron chi connectivity index (χ0n) is 12.7. The molecule has 0 fully saturated rings. The molecule has 2 aromatic carbocycles. The molecular weight excluding hydrogens is 292 g/mol. The van der Waals surface area contributed by atoms with Gasteiger partial charge in [0.05, 0.1) is 10.2 Å². The van der Waals surface area contributed by atoms with Gasteiger partial charge in [-0.2, -0.15) is 0 Å². The summed E-state index contributed by atoms with van der Waals surface area (Å²) in [5, 5.41) is 8.77. The van der Waals surface area contributed by atoms with Crippen LogP contribution in [-0.4, -0.2) is 14.6 Å².